The van der Waals surface area contributed by atoms with E-state index in [2.05, 4.69) is 0 Å². The monoisotopic (exact) mass is 360 g/mol. The molecular formula is C20H24O6. The van der Waals surface area contributed by atoms with Crippen LogP contribution in [0.1, 0.15) is 54.9 Å². The molecule has 0 radical (unpaired) electrons. The van der Waals surface area contributed by atoms with E-state index >= 15 is 0 Å². The summed E-state index contributed by atoms with van der Waals surface area (Å²) in [4.78, 5) is 24.9. The van der Waals surface area contributed by atoms with Gasteiger partial charge in [-0.1, -0.05) is 19.4 Å². The topological polar surface area (TPSA) is 96.4 Å². The summed E-state index contributed by atoms with van der Waals surface area (Å²) >= 11 is 0. The van der Waals surface area contributed by atoms with Crippen molar-refractivity contribution in [3.8, 4) is 11.5 Å². The zero-order valence-electron chi connectivity index (χ0n) is 14.8. The van der Waals surface area contributed by atoms with Gasteiger partial charge in [-0.25, -0.2) is 4.79 Å². The number of rotatable bonds is 2. The Bertz CT molecular complexity index is 723. The number of cyclic esters (lactones) is 1. The van der Waals surface area contributed by atoms with Crippen LogP contribution >= 0.6 is 0 Å². The highest BCUT2D eigenvalue weighted by Crippen LogP contribution is 2.34. The zero-order valence-corrected chi connectivity index (χ0v) is 14.8. The summed E-state index contributed by atoms with van der Waals surface area (Å²) < 4.78 is 11.3. The normalized spacial score (nSPS) is 26.4. The SMILES string of the molecule is CCC[C@@H]1C[C@H]2O[C@@H]2CCC=CC(=O)Cc2cc(O)cc(O)c2C(=O)O1. The van der Waals surface area contributed by atoms with Crippen molar-refractivity contribution >= 4 is 11.8 Å². The van der Waals surface area contributed by atoms with Gasteiger partial charge in [0.15, 0.2) is 5.78 Å². The fraction of sp³-hybridized carbons (Fsp3) is 0.500. The highest BCUT2D eigenvalue weighted by Gasteiger charge is 2.40. The van der Waals surface area contributed by atoms with Gasteiger partial charge in [-0.05, 0) is 37.0 Å². The average Bonchev–Trinajstić information content (AvgIpc) is 3.28. The Kier molecular flexibility index (Phi) is 5.61. The van der Waals surface area contributed by atoms with Crippen molar-refractivity contribution in [3.05, 3.63) is 35.4 Å². The van der Waals surface area contributed by atoms with Gasteiger partial charge in [0, 0.05) is 18.9 Å². The van der Waals surface area contributed by atoms with Crippen molar-refractivity contribution in [2.75, 3.05) is 0 Å². The lowest BCUT2D eigenvalue weighted by Gasteiger charge is -2.18. The Morgan fingerprint density at radius 3 is 2.77 bits per heavy atom. The van der Waals surface area contributed by atoms with Gasteiger partial charge in [-0.3, -0.25) is 4.79 Å². The second-order valence-electron chi connectivity index (χ2n) is 6.89. The largest absolute Gasteiger partial charge is 0.508 e. The zero-order chi connectivity index (χ0) is 18.7. The number of epoxide rings is 1. The molecule has 1 aromatic rings. The molecule has 26 heavy (non-hydrogen) atoms. The van der Waals surface area contributed by atoms with Gasteiger partial charge in [0.2, 0.25) is 0 Å². The van der Waals surface area contributed by atoms with Crippen LogP contribution in [0.25, 0.3) is 0 Å². The summed E-state index contributed by atoms with van der Waals surface area (Å²) in [5.41, 5.74) is 0.200. The number of phenolic OH excluding ortho intramolecular Hbond substituents is 2. The molecule has 0 bridgehead atoms. The van der Waals surface area contributed by atoms with Crippen LogP contribution in [0.2, 0.25) is 0 Å². The van der Waals surface area contributed by atoms with Crippen LogP contribution in [0.15, 0.2) is 24.3 Å². The Hall–Kier alpha value is -2.34. The molecule has 0 aliphatic carbocycles. The molecule has 6 heteroatoms. The quantitative estimate of drug-likeness (QED) is 0.622. The van der Waals surface area contributed by atoms with Crippen LogP contribution in [-0.2, 0) is 20.7 Å². The predicted molar refractivity (Wildman–Crippen MR) is 94.2 cm³/mol. The lowest BCUT2D eigenvalue weighted by atomic mass is 9.99. The van der Waals surface area contributed by atoms with Gasteiger partial charge in [0.25, 0.3) is 0 Å². The maximum Gasteiger partial charge on any atom is 0.342 e. The number of allylic oxidation sites excluding steroid dienone is 2. The molecule has 0 unspecified atom stereocenters. The Morgan fingerprint density at radius 1 is 1.19 bits per heavy atom. The summed E-state index contributed by atoms with van der Waals surface area (Å²) in [7, 11) is 0. The fourth-order valence-electron chi connectivity index (χ4n) is 3.42. The second kappa shape index (κ2) is 7.91. The van der Waals surface area contributed by atoms with Crippen LogP contribution in [0, 0.1) is 0 Å². The first-order valence-corrected chi connectivity index (χ1v) is 9.08. The molecular weight excluding hydrogens is 336 g/mol. The maximum atomic E-state index is 12.7. The third kappa shape index (κ3) is 4.43. The van der Waals surface area contributed by atoms with E-state index < -0.39 is 5.97 Å². The third-order valence-electron chi connectivity index (χ3n) is 4.74. The van der Waals surface area contributed by atoms with Crippen molar-refractivity contribution in [1.29, 1.82) is 0 Å². The van der Waals surface area contributed by atoms with Crippen molar-refractivity contribution in [1.82, 2.24) is 0 Å². The van der Waals surface area contributed by atoms with Crippen molar-refractivity contribution in [3.63, 3.8) is 0 Å². The Morgan fingerprint density at radius 2 is 2.00 bits per heavy atom. The molecule has 2 N–H and O–H groups in total. The van der Waals surface area contributed by atoms with E-state index in [0.29, 0.717) is 12.8 Å². The molecule has 0 saturated carbocycles. The minimum Gasteiger partial charge on any atom is -0.508 e. The molecule has 3 atom stereocenters. The molecule has 1 saturated heterocycles. The molecule has 2 aliphatic heterocycles. The van der Waals surface area contributed by atoms with Crippen LogP contribution < -0.4 is 0 Å². The summed E-state index contributed by atoms with van der Waals surface area (Å²) in [6.45, 7) is 2.01. The summed E-state index contributed by atoms with van der Waals surface area (Å²) in [5.74, 6) is -1.47. The summed E-state index contributed by atoms with van der Waals surface area (Å²) in [5, 5.41) is 19.9. The maximum absolute atomic E-state index is 12.7. The number of hydrogen-bond donors (Lipinski definition) is 2. The second-order valence-corrected chi connectivity index (χ2v) is 6.89. The molecule has 2 aliphatic rings. The first-order valence-electron chi connectivity index (χ1n) is 9.08. The number of ketones is 1. The van der Waals surface area contributed by atoms with Crippen molar-refractivity contribution in [2.24, 2.45) is 0 Å². The van der Waals surface area contributed by atoms with Crippen LogP contribution in [0.3, 0.4) is 0 Å². The van der Waals surface area contributed by atoms with Gasteiger partial charge in [0.05, 0.1) is 12.2 Å². The van der Waals surface area contributed by atoms with Crippen molar-refractivity contribution in [2.45, 2.75) is 63.8 Å². The minimum atomic E-state index is -0.679. The first kappa shape index (κ1) is 18.5. The molecule has 140 valence electrons. The summed E-state index contributed by atoms with van der Waals surface area (Å²) in [6, 6.07) is 2.40. The van der Waals surface area contributed by atoms with E-state index in [-0.39, 0.29) is 53.1 Å². The van der Waals surface area contributed by atoms with Gasteiger partial charge in [-0.2, -0.15) is 0 Å². The van der Waals surface area contributed by atoms with E-state index in [1.54, 1.807) is 6.08 Å². The molecule has 1 aromatic carbocycles. The highest BCUT2D eigenvalue weighted by atomic mass is 16.6. The molecule has 6 nitrogen and oxygen atoms in total. The van der Waals surface area contributed by atoms with Crippen LogP contribution in [0.4, 0.5) is 0 Å². The van der Waals surface area contributed by atoms with Gasteiger partial charge < -0.3 is 19.7 Å². The van der Waals surface area contributed by atoms with Crippen LogP contribution in [-0.4, -0.2) is 40.3 Å². The lowest BCUT2D eigenvalue weighted by Crippen LogP contribution is -2.22. The van der Waals surface area contributed by atoms with Crippen molar-refractivity contribution < 1.29 is 29.3 Å². The van der Waals surface area contributed by atoms with E-state index in [1.165, 1.54) is 12.1 Å². The molecule has 0 spiro atoms. The third-order valence-corrected chi connectivity index (χ3v) is 4.74. The molecule has 0 aromatic heterocycles. The predicted octanol–water partition coefficient (Wildman–Crippen LogP) is 3.04. The summed E-state index contributed by atoms with van der Waals surface area (Å²) in [6.07, 6.45) is 6.84. The number of carbonyl (C=O) groups is 2. The number of fused-ring (bicyclic) bond motifs is 2. The first-order chi connectivity index (χ1) is 12.5. The number of aromatic hydroxyl groups is 2. The lowest BCUT2D eigenvalue weighted by molar-refractivity contribution is -0.114. The Labute approximate surface area is 152 Å². The highest BCUT2D eigenvalue weighted by molar-refractivity contribution is 5.98. The molecule has 0 amide bonds. The van der Waals surface area contributed by atoms with E-state index in [4.69, 9.17) is 9.47 Å². The Balaban J connectivity index is 1.92. The number of benzene rings is 1. The number of hydrogen-bond acceptors (Lipinski definition) is 6. The fourth-order valence-corrected chi connectivity index (χ4v) is 3.42. The number of phenols is 2. The van der Waals surface area contributed by atoms with E-state index in [0.717, 1.165) is 25.3 Å². The number of carbonyl (C=O) groups excluding carboxylic acids is 2. The minimum absolute atomic E-state index is 0.0593. The van der Waals surface area contributed by atoms with Gasteiger partial charge >= 0.3 is 5.97 Å². The van der Waals surface area contributed by atoms with Gasteiger partial charge in [0.1, 0.15) is 23.2 Å². The van der Waals surface area contributed by atoms with E-state index in [9.17, 15) is 19.8 Å². The molecule has 1 fully saturated rings. The smallest absolute Gasteiger partial charge is 0.342 e. The van der Waals surface area contributed by atoms with Crippen LogP contribution in [0.5, 0.6) is 11.5 Å². The molecule has 3 rings (SSSR count). The van der Waals surface area contributed by atoms with E-state index in [1.807, 2.05) is 6.92 Å². The van der Waals surface area contributed by atoms with Gasteiger partial charge in [-0.15, -0.1) is 0 Å². The number of esters is 1. The average molecular weight is 360 g/mol. The standard InChI is InChI=1S/C20H24O6/c1-2-5-15-11-18-17(26-18)7-4-3-6-13(21)8-12-9-14(22)10-16(23)19(12)20(24)25-15/h3,6,9-10,15,17-18,22-23H,2,4-5,7-8,11H2,1H3/t15-,17-,18-/m1/s1. The number of ether oxygens (including phenoxy) is 2. The molecule has 2 heterocycles.